The monoisotopic (exact) mass is 227 g/mol. The Labute approximate surface area is 99.1 Å². The second-order valence-corrected chi connectivity index (χ2v) is 3.52. The summed E-state index contributed by atoms with van der Waals surface area (Å²) in [5.74, 6) is -0.0129. The van der Waals surface area contributed by atoms with Crippen LogP contribution >= 0.6 is 0 Å². The molecule has 78 valence electrons. The van der Waals surface area contributed by atoms with E-state index in [4.69, 9.17) is 0 Å². The molecule has 2 aromatic carbocycles. The van der Waals surface area contributed by atoms with E-state index >= 15 is 0 Å². The van der Waals surface area contributed by atoms with E-state index in [1.165, 1.54) is 0 Å². The normalized spacial score (nSPS) is 9.75. The van der Waals surface area contributed by atoms with Crippen molar-refractivity contribution in [1.82, 2.24) is 0 Å². The third kappa shape index (κ3) is 2.20. The quantitative estimate of drug-likeness (QED) is 0.753. The molecule has 16 heavy (non-hydrogen) atoms. The van der Waals surface area contributed by atoms with Crippen LogP contribution in [0, 0.1) is 0 Å². The van der Waals surface area contributed by atoms with Gasteiger partial charge in [-0.2, -0.15) is 4.36 Å². The van der Waals surface area contributed by atoms with Crippen molar-refractivity contribution >= 4 is 23.9 Å². The first-order chi connectivity index (χ1) is 7.81. The second-order valence-electron chi connectivity index (χ2n) is 3.34. The van der Waals surface area contributed by atoms with Crippen LogP contribution in [0.3, 0.4) is 0 Å². The summed E-state index contributed by atoms with van der Waals surface area (Å²) in [6.07, 6.45) is 0. The first kappa shape index (κ1) is 10.6. The fourth-order valence-corrected chi connectivity index (χ4v) is 1.57. The summed E-state index contributed by atoms with van der Waals surface area (Å²) in [6.45, 7) is 0. The topological polar surface area (TPSA) is 29.4 Å². The Kier molecular flexibility index (Phi) is 3.17. The Balaban J connectivity index is 2.38. The lowest BCUT2D eigenvalue weighted by molar-refractivity contribution is 0.103. The molecule has 0 N–H and O–H groups in total. The van der Waals surface area contributed by atoms with Crippen molar-refractivity contribution in [1.29, 1.82) is 0 Å². The molecule has 0 amide bonds. The highest BCUT2D eigenvalue weighted by Gasteiger charge is 2.08. The van der Waals surface area contributed by atoms with Gasteiger partial charge in [-0.15, -0.1) is 0 Å². The van der Waals surface area contributed by atoms with Crippen LogP contribution < -0.4 is 0 Å². The zero-order valence-corrected chi connectivity index (χ0v) is 9.28. The lowest BCUT2D eigenvalue weighted by atomic mass is 10.0. The minimum absolute atomic E-state index is 0.0129. The zero-order chi connectivity index (χ0) is 11.4. The molecule has 0 atom stereocenters. The predicted octanol–water partition coefficient (Wildman–Crippen LogP) is 3.28. The van der Waals surface area contributed by atoms with Crippen LogP contribution in [0.1, 0.15) is 15.9 Å². The molecule has 0 heterocycles. The van der Waals surface area contributed by atoms with Gasteiger partial charge in [0.05, 0.1) is 5.69 Å². The SMILES string of the molecule is O=C(c1ccccc1)c1cccc(N=S)c1. The van der Waals surface area contributed by atoms with Gasteiger partial charge in [0.15, 0.2) is 5.78 Å². The summed E-state index contributed by atoms with van der Waals surface area (Å²) in [5, 5.41) is 0. The third-order valence-corrected chi connectivity index (χ3v) is 2.46. The smallest absolute Gasteiger partial charge is 0.193 e. The molecule has 0 bridgehead atoms. The molecule has 0 aliphatic carbocycles. The Morgan fingerprint density at radius 3 is 2.31 bits per heavy atom. The molecule has 0 fully saturated rings. The van der Waals surface area contributed by atoms with Crippen molar-refractivity contribution in [2.24, 2.45) is 4.36 Å². The summed E-state index contributed by atoms with van der Waals surface area (Å²) in [7, 11) is 0. The highest BCUT2D eigenvalue weighted by molar-refractivity contribution is 7.47. The highest BCUT2D eigenvalue weighted by atomic mass is 32.1. The molecule has 0 unspecified atom stereocenters. The van der Waals surface area contributed by atoms with Gasteiger partial charge in [-0.3, -0.25) is 4.79 Å². The van der Waals surface area contributed by atoms with Gasteiger partial charge in [-0.1, -0.05) is 42.5 Å². The Hall–Kier alpha value is -1.87. The average Bonchev–Trinajstić information content (AvgIpc) is 2.39. The van der Waals surface area contributed by atoms with Gasteiger partial charge in [0, 0.05) is 23.6 Å². The molecule has 0 aromatic heterocycles. The number of carbonyl (C=O) groups excluding carboxylic acids is 1. The van der Waals surface area contributed by atoms with Gasteiger partial charge >= 0.3 is 0 Å². The number of rotatable bonds is 3. The molecular formula is C13H9NOS. The van der Waals surface area contributed by atoms with Gasteiger partial charge in [-0.25, -0.2) is 0 Å². The number of hydrogen-bond donors (Lipinski definition) is 0. The second kappa shape index (κ2) is 4.77. The van der Waals surface area contributed by atoms with E-state index in [0.717, 1.165) is 0 Å². The predicted molar refractivity (Wildman–Crippen MR) is 65.8 cm³/mol. The van der Waals surface area contributed by atoms with Crippen LogP contribution in [0.4, 0.5) is 5.69 Å². The van der Waals surface area contributed by atoms with E-state index in [2.05, 4.69) is 16.8 Å². The molecule has 0 saturated heterocycles. The molecule has 0 aliphatic heterocycles. The largest absolute Gasteiger partial charge is 0.289 e. The summed E-state index contributed by atoms with van der Waals surface area (Å²) >= 11 is 4.60. The third-order valence-electron chi connectivity index (χ3n) is 2.25. The number of hydrogen-bond acceptors (Lipinski definition) is 3. The summed E-state index contributed by atoms with van der Waals surface area (Å²) in [4.78, 5) is 12.0. The van der Waals surface area contributed by atoms with Crippen molar-refractivity contribution in [3.63, 3.8) is 0 Å². The fraction of sp³-hybridized carbons (Fsp3) is 0. The van der Waals surface area contributed by atoms with Crippen LogP contribution in [-0.2, 0) is 12.4 Å². The van der Waals surface area contributed by atoms with E-state index < -0.39 is 0 Å². The number of ketones is 1. The summed E-state index contributed by atoms with van der Waals surface area (Å²) in [6, 6.07) is 16.2. The minimum atomic E-state index is -0.0129. The van der Waals surface area contributed by atoms with Crippen molar-refractivity contribution < 1.29 is 4.79 Å². The lowest BCUT2D eigenvalue weighted by Gasteiger charge is -2.01. The fourth-order valence-electron chi connectivity index (χ4n) is 1.46. The molecule has 0 saturated carbocycles. The first-order valence-electron chi connectivity index (χ1n) is 4.84. The zero-order valence-electron chi connectivity index (χ0n) is 8.46. The van der Waals surface area contributed by atoms with Gasteiger partial charge in [0.25, 0.3) is 0 Å². The maximum atomic E-state index is 12.0. The van der Waals surface area contributed by atoms with Crippen molar-refractivity contribution in [3.8, 4) is 0 Å². The van der Waals surface area contributed by atoms with Gasteiger partial charge in [-0.05, 0) is 12.1 Å². The Morgan fingerprint density at radius 1 is 0.938 bits per heavy atom. The Bertz CT molecular complexity index is 522. The number of benzene rings is 2. The summed E-state index contributed by atoms with van der Waals surface area (Å²) in [5.41, 5.74) is 1.91. The van der Waals surface area contributed by atoms with Crippen LogP contribution in [0.15, 0.2) is 59.0 Å². The summed E-state index contributed by atoms with van der Waals surface area (Å²) < 4.78 is 3.64. The van der Waals surface area contributed by atoms with Crippen molar-refractivity contribution in [3.05, 3.63) is 65.7 Å². The number of nitrogens with zero attached hydrogens (tertiary/aromatic N) is 1. The maximum absolute atomic E-state index is 12.0. The van der Waals surface area contributed by atoms with Crippen LogP contribution in [-0.4, -0.2) is 5.78 Å². The average molecular weight is 227 g/mol. The maximum Gasteiger partial charge on any atom is 0.193 e. The van der Waals surface area contributed by atoms with Gasteiger partial charge in [0.2, 0.25) is 0 Å². The molecule has 0 aliphatic rings. The van der Waals surface area contributed by atoms with E-state index in [9.17, 15) is 4.79 Å². The van der Waals surface area contributed by atoms with E-state index in [1.54, 1.807) is 36.4 Å². The Morgan fingerprint density at radius 2 is 1.62 bits per heavy atom. The highest BCUT2D eigenvalue weighted by Crippen LogP contribution is 2.16. The minimum Gasteiger partial charge on any atom is -0.289 e. The van der Waals surface area contributed by atoms with Crippen molar-refractivity contribution in [2.75, 3.05) is 0 Å². The van der Waals surface area contributed by atoms with Crippen LogP contribution in [0.2, 0.25) is 0 Å². The molecule has 2 nitrogen and oxygen atoms in total. The van der Waals surface area contributed by atoms with Crippen LogP contribution in [0.25, 0.3) is 0 Å². The molecule has 0 spiro atoms. The molecular weight excluding hydrogens is 218 g/mol. The molecule has 0 radical (unpaired) electrons. The van der Waals surface area contributed by atoms with Gasteiger partial charge < -0.3 is 0 Å². The lowest BCUT2D eigenvalue weighted by Crippen LogP contribution is -2.00. The number of carbonyl (C=O) groups is 1. The molecule has 2 rings (SSSR count). The van der Waals surface area contributed by atoms with Gasteiger partial charge in [0.1, 0.15) is 0 Å². The molecule has 2 aromatic rings. The van der Waals surface area contributed by atoms with E-state index in [0.29, 0.717) is 16.8 Å². The van der Waals surface area contributed by atoms with Crippen LogP contribution in [0.5, 0.6) is 0 Å². The van der Waals surface area contributed by atoms with Crippen molar-refractivity contribution in [2.45, 2.75) is 0 Å². The van der Waals surface area contributed by atoms with E-state index in [1.807, 2.05) is 18.2 Å². The standard InChI is InChI=1S/C13H9NOS/c15-13(10-5-2-1-3-6-10)11-7-4-8-12(9-11)14-16/h1-9H. The van der Waals surface area contributed by atoms with E-state index in [-0.39, 0.29) is 5.78 Å². The molecule has 3 heteroatoms. The first-order valence-corrected chi connectivity index (χ1v) is 5.21.